The summed E-state index contributed by atoms with van der Waals surface area (Å²) in [5.74, 6) is 2.10. The molecule has 7 heteroatoms. The molecule has 0 saturated carbocycles. The van der Waals surface area contributed by atoms with E-state index >= 15 is 0 Å². The van der Waals surface area contributed by atoms with Gasteiger partial charge in [0.15, 0.2) is 5.82 Å². The molecule has 7 nitrogen and oxygen atoms in total. The molecule has 4 aromatic rings. The molecule has 0 spiro atoms. The smallest absolute Gasteiger partial charge is 0.197 e. The minimum Gasteiger partial charge on any atom is -0.486 e. The van der Waals surface area contributed by atoms with E-state index in [4.69, 9.17) is 4.74 Å². The van der Waals surface area contributed by atoms with Crippen molar-refractivity contribution in [1.29, 1.82) is 0 Å². The Bertz CT molecular complexity index is 941. The first-order valence-electron chi connectivity index (χ1n) is 7.45. The number of tetrazole rings is 1. The number of nitrogens with zero attached hydrogens (tertiary/aromatic N) is 4. The number of ether oxygens (including phenoxy) is 1. The molecule has 0 aliphatic heterocycles. The molecule has 0 fully saturated rings. The van der Waals surface area contributed by atoms with Gasteiger partial charge in [0.1, 0.15) is 18.2 Å². The second-order valence-electron chi connectivity index (χ2n) is 5.17. The van der Waals surface area contributed by atoms with Gasteiger partial charge in [-0.15, -0.1) is 10.2 Å². The van der Waals surface area contributed by atoms with E-state index in [1.54, 1.807) is 6.08 Å². The first-order valence-corrected chi connectivity index (χ1v) is 7.45. The average Bonchev–Trinajstić information content (AvgIpc) is 3.27. The van der Waals surface area contributed by atoms with Gasteiger partial charge in [-0.3, -0.25) is 0 Å². The Morgan fingerprint density at radius 2 is 2.00 bits per heavy atom. The summed E-state index contributed by atoms with van der Waals surface area (Å²) in [5.41, 5.74) is 2.93. The molecule has 0 atom stereocenters. The molecule has 24 heavy (non-hydrogen) atoms. The van der Waals surface area contributed by atoms with Crippen LogP contribution in [0, 0.1) is 0 Å². The van der Waals surface area contributed by atoms with E-state index in [1.165, 1.54) is 0 Å². The van der Waals surface area contributed by atoms with Crippen LogP contribution in [0.2, 0.25) is 0 Å². The third-order valence-electron chi connectivity index (χ3n) is 3.46. The van der Waals surface area contributed by atoms with Crippen LogP contribution in [0.3, 0.4) is 0 Å². The van der Waals surface area contributed by atoms with Crippen molar-refractivity contribution in [2.24, 2.45) is 0 Å². The van der Waals surface area contributed by atoms with Crippen molar-refractivity contribution in [2.75, 3.05) is 0 Å². The highest BCUT2D eigenvalue weighted by molar-refractivity contribution is 5.74. The zero-order valence-electron chi connectivity index (χ0n) is 12.7. The van der Waals surface area contributed by atoms with Crippen molar-refractivity contribution < 1.29 is 4.74 Å². The number of rotatable bonds is 5. The van der Waals surface area contributed by atoms with Gasteiger partial charge in [0, 0.05) is 0 Å². The molecule has 0 amide bonds. The summed E-state index contributed by atoms with van der Waals surface area (Å²) in [6, 6.07) is 15.7. The summed E-state index contributed by atoms with van der Waals surface area (Å²) in [4.78, 5) is 7.75. The van der Waals surface area contributed by atoms with E-state index < -0.39 is 0 Å². The summed E-state index contributed by atoms with van der Waals surface area (Å²) in [7, 11) is 0. The van der Waals surface area contributed by atoms with Gasteiger partial charge in [-0.25, -0.2) is 4.98 Å². The van der Waals surface area contributed by atoms with Gasteiger partial charge >= 0.3 is 0 Å². The topological polar surface area (TPSA) is 92.4 Å². The predicted octanol–water partition coefficient (Wildman–Crippen LogP) is 2.83. The first kappa shape index (κ1) is 14.1. The Balaban J connectivity index is 1.45. The first-order chi connectivity index (χ1) is 11.9. The second kappa shape index (κ2) is 6.33. The van der Waals surface area contributed by atoms with Crippen LogP contribution < -0.4 is 4.74 Å². The third-order valence-corrected chi connectivity index (χ3v) is 3.46. The molecule has 0 saturated heterocycles. The van der Waals surface area contributed by atoms with E-state index in [0.717, 1.165) is 28.2 Å². The third kappa shape index (κ3) is 3.14. The number of hydrogen-bond acceptors (Lipinski definition) is 5. The van der Waals surface area contributed by atoms with Crippen LogP contribution in [0.1, 0.15) is 17.2 Å². The lowest BCUT2D eigenvalue weighted by molar-refractivity contribution is 0.297. The van der Waals surface area contributed by atoms with Gasteiger partial charge in [-0.1, -0.05) is 30.3 Å². The van der Waals surface area contributed by atoms with E-state index in [0.29, 0.717) is 12.4 Å². The van der Waals surface area contributed by atoms with E-state index in [2.05, 4.69) is 30.6 Å². The number of fused-ring (bicyclic) bond motifs is 1. The molecule has 0 radical (unpaired) electrons. The molecular formula is C17H14N6O. The molecule has 0 bridgehead atoms. The Hall–Kier alpha value is -3.48. The van der Waals surface area contributed by atoms with Gasteiger partial charge in [0.05, 0.1) is 11.0 Å². The number of nitrogens with one attached hydrogen (secondary N) is 2. The van der Waals surface area contributed by atoms with Crippen LogP contribution in [0.25, 0.3) is 23.2 Å². The van der Waals surface area contributed by atoms with Crippen molar-refractivity contribution >= 4 is 23.2 Å². The van der Waals surface area contributed by atoms with Crippen LogP contribution in [0.4, 0.5) is 0 Å². The zero-order valence-corrected chi connectivity index (χ0v) is 12.7. The van der Waals surface area contributed by atoms with E-state index in [9.17, 15) is 0 Å². The number of aromatic amines is 2. The Kier molecular flexibility index (Phi) is 3.73. The van der Waals surface area contributed by atoms with Gasteiger partial charge in [-0.05, 0) is 41.1 Å². The SMILES string of the molecule is C(=Cc1nn[nH]n1)c1cccc(OCc2nc3ccccc3[nH]2)c1. The average molecular weight is 318 g/mol. The molecule has 2 N–H and O–H groups in total. The Morgan fingerprint density at radius 3 is 2.88 bits per heavy atom. The summed E-state index contributed by atoms with van der Waals surface area (Å²) in [6.07, 6.45) is 3.68. The highest BCUT2D eigenvalue weighted by Crippen LogP contribution is 2.17. The molecule has 0 aliphatic rings. The normalized spacial score (nSPS) is 11.3. The molecule has 0 aliphatic carbocycles. The van der Waals surface area contributed by atoms with Crippen LogP contribution >= 0.6 is 0 Å². The number of H-pyrrole nitrogens is 2. The van der Waals surface area contributed by atoms with E-state index in [1.807, 2.05) is 54.6 Å². The lowest BCUT2D eigenvalue weighted by atomic mass is 10.2. The fraction of sp³-hybridized carbons (Fsp3) is 0.0588. The standard InChI is InChI=1S/C17H14N6O/c1-2-7-15-14(6-1)18-17(19-15)11-24-13-5-3-4-12(10-13)8-9-16-20-22-23-21-16/h1-10H,11H2,(H,18,19)(H,20,21,22,23). The molecule has 2 heterocycles. The van der Waals surface area contributed by atoms with Gasteiger partial charge in [0.2, 0.25) is 0 Å². The Labute approximate surface area is 137 Å². The van der Waals surface area contributed by atoms with Crippen molar-refractivity contribution in [1.82, 2.24) is 30.6 Å². The largest absolute Gasteiger partial charge is 0.486 e. The van der Waals surface area contributed by atoms with Gasteiger partial charge < -0.3 is 9.72 Å². The maximum atomic E-state index is 5.82. The Morgan fingerprint density at radius 1 is 1.04 bits per heavy atom. The van der Waals surface area contributed by atoms with Crippen LogP contribution in [0.15, 0.2) is 48.5 Å². The van der Waals surface area contributed by atoms with Crippen molar-refractivity contribution in [3.63, 3.8) is 0 Å². The molecule has 4 rings (SSSR count). The molecule has 2 aromatic carbocycles. The summed E-state index contributed by atoms with van der Waals surface area (Å²) >= 11 is 0. The summed E-state index contributed by atoms with van der Waals surface area (Å²) in [6.45, 7) is 0.382. The number of hydrogen-bond donors (Lipinski definition) is 2. The summed E-state index contributed by atoms with van der Waals surface area (Å²) in [5, 5.41) is 13.7. The minimum atomic E-state index is 0.382. The quantitative estimate of drug-likeness (QED) is 0.590. The molecule has 0 unspecified atom stereocenters. The minimum absolute atomic E-state index is 0.382. The van der Waals surface area contributed by atoms with E-state index in [-0.39, 0.29) is 0 Å². The number of aromatic nitrogens is 6. The monoisotopic (exact) mass is 318 g/mol. The van der Waals surface area contributed by atoms with Gasteiger partial charge in [0.25, 0.3) is 0 Å². The maximum absolute atomic E-state index is 5.82. The second-order valence-corrected chi connectivity index (χ2v) is 5.17. The number of para-hydroxylation sites is 2. The summed E-state index contributed by atoms with van der Waals surface area (Å²) < 4.78 is 5.82. The van der Waals surface area contributed by atoms with Crippen molar-refractivity contribution in [2.45, 2.75) is 6.61 Å². The lowest BCUT2D eigenvalue weighted by Crippen LogP contribution is -1.97. The predicted molar refractivity (Wildman–Crippen MR) is 90.0 cm³/mol. The van der Waals surface area contributed by atoms with Crippen LogP contribution in [-0.4, -0.2) is 30.6 Å². The lowest BCUT2D eigenvalue weighted by Gasteiger charge is -2.04. The maximum Gasteiger partial charge on any atom is 0.197 e. The zero-order chi connectivity index (χ0) is 16.2. The number of imidazole rings is 1. The molecule has 2 aromatic heterocycles. The molecule has 118 valence electrons. The fourth-order valence-corrected chi connectivity index (χ4v) is 2.34. The molecular weight excluding hydrogens is 304 g/mol. The van der Waals surface area contributed by atoms with Crippen molar-refractivity contribution in [3.8, 4) is 5.75 Å². The fourth-order valence-electron chi connectivity index (χ4n) is 2.34. The van der Waals surface area contributed by atoms with Crippen LogP contribution in [0.5, 0.6) is 5.75 Å². The van der Waals surface area contributed by atoms with Crippen molar-refractivity contribution in [3.05, 3.63) is 65.7 Å². The highest BCUT2D eigenvalue weighted by atomic mass is 16.5. The van der Waals surface area contributed by atoms with Crippen LogP contribution in [-0.2, 0) is 6.61 Å². The van der Waals surface area contributed by atoms with Gasteiger partial charge in [-0.2, -0.15) is 5.21 Å². The number of benzene rings is 2. The highest BCUT2D eigenvalue weighted by Gasteiger charge is 2.03.